The molecule has 1 fully saturated rings. The van der Waals surface area contributed by atoms with E-state index in [1.165, 1.54) is 0 Å². The van der Waals surface area contributed by atoms with Gasteiger partial charge in [-0.05, 0) is 38.7 Å². The fourth-order valence-electron chi connectivity index (χ4n) is 2.79. The smallest absolute Gasteiger partial charge is 0.303 e. The fourth-order valence-corrected chi connectivity index (χ4v) is 3.00. The zero-order valence-corrected chi connectivity index (χ0v) is 13.1. The van der Waals surface area contributed by atoms with Crippen molar-refractivity contribution in [1.82, 2.24) is 9.47 Å². The van der Waals surface area contributed by atoms with Crippen LogP contribution in [0.25, 0.3) is 0 Å². The van der Waals surface area contributed by atoms with E-state index in [4.69, 9.17) is 16.7 Å². The molecular formula is C15H21ClN2O3. The zero-order chi connectivity index (χ0) is 15.6. The molecular weight excluding hydrogens is 292 g/mol. The number of carboxylic acid groups (broad SMARTS) is 1. The van der Waals surface area contributed by atoms with Crippen molar-refractivity contribution < 1.29 is 14.7 Å². The standard InChI is InChI=1S/C15H21ClN2O3/c1-10(2)18-9-12(16)7-13(18)15(21)17-6-5-11(8-17)3-4-14(19)20/h7,9-11H,3-6,8H2,1-2H3,(H,19,20). The van der Waals surface area contributed by atoms with Crippen LogP contribution in [0.2, 0.25) is 5.02 Å². The molecule has 0 spiro atoms. The maximum absolute atomic E-state index is 12.6. The highest BCUT2D eigenvalue weighted by molar-refractivity contribution is 6.31. The fraction of sp³-hybridized carbons (Fsp3) is 0.600. The molecule has 2 rings (SSSR count). The van der Waals surface area contributed by atoms with E-state index in [0.29, 0.717) is 30.2 Å². The van der Waals surface area contributed by atoms with E-state index in [-0.39, 0.29) is 24.3 Å². The number of amides is 1. The van der Waals surface area contributed by atoms with E-state index >= 15 is 0 Å². The van der Waals surface area contributed by atoms with Gasteiger partial charge >= 0.3 is 5.97 Å². The Labute approximate surface area is 129 Å². The van der Waals surface area contributed by atoms with Crippen molar-refractivity contribution >= 4 is 23.5 Å². The molecule has 0 bridgehead atoms. The lowest BCUT2D eigenvalue weighted by Gasteiger charge is -2.19. The Morgan fingerprint density at radius 2 is 2.19 bits per heavy atom. The first-order valence-electron chi connectivity index (χ1n) is 7.27. The first-order chi connectivity index (χ1) is 9.88. The van der Waals surface area contributed by atoms with Gasteiger partial charge in [0.05, 0.1) is 5.02 Å². The topological polar surface area (TPSA) is 62.5 Å². The van der Waals surface area contributed by atoms with Crippen LogP contribution in [0.4, 0.5) is 0 Å². The van der Waals surface area contributed by atoms with Crippen LogP contribution in [0.3, 0.4) is 0 Å². The second-order valence-corrected chi connectivity index (χ2v) is 6.32. The third-order valence-corrected chi connectivity index (χ3v) is 4.14. The van der Waals surface area contributed by atoms with E-state index < -0.39 is 5.97 Å². The molecule has 1 unspecified atom stereocenters. The third kappa shape index (κ3) is 3.79. The van der Waals surface area contributed by atoms with Crippen molar-refractivity contribution in [2.24, 2.45) is 5.92 Å². The van der Waals surface area contributed by atoms with Gasteiger partial charge in [-0.2, -0.15) is 0 Å². The highest BCUT2D eigenvalue weighted by Gasteiger charge is 2.29. The maximum atomic E-state index is 12.6. The zero-order valence-electron chi connectivity index (χ0n) is 12.4. The second kappa shape index (κ2) is 6.52. The summed E-state index contributed by atoms with van der Waals surface area (Å²) in [6.45, 7) is 5.33. The minimum absolute atomic E-state index is 0.0200. The quantitative estimate of drug-likeness (QED) is 0.909. The summed E-state index contributed by atoms with van der Waals surface area (Å²) < 4.78 is 1.88. The SMILES string of the molecule is CC(C)n1cc(Cl)cc1C(=O)N1CCC(CCC(=O)O)C1. The molecule has 6 heteroatoms. The number of hydrogen-bond donors (Lipinski definition) is 1. The summed E-state index contributed by atoms with van der Waals surface area (Å²) >= 11 is 6.02. The first kappa shape index (κ1) is 15.9. The van der Waals surface area contributed by atoms with Gasteiger partial charge in [-0.1, -0.05) is 11.6 Å². The predicted molar refractivity (Wildman–Crippen MR) is 80.7 cm³/mol. The Bertz CT molecular complexity index is 539. The van der Waals surface area contributed by atoms with Gasteiger partial charge in [0, 0.05) is 31.7 Å². The Balaban J connectivity index is 2.03. The lowest BCUT2D eigenvalue weighted by Crippen LogP contribution is -2.30. The molecule has 1 aliphatic rings. The summed E-state index contributed by atoms with van der Waals surface area (Å²) in [5.41, 5.74) is 0.605. The van der Waals surface area contributed by atoms with Crippen molar-refractivity contribution in [1.29, 1.82) is 0 Å². The molecule has 1 N–H and O–H groups in total. The van der Waals surface area contributed by atoms with Crippen LogP contribution in [0, 0.1) is 5.92 Å². The lowest BCUT2D eigenvalue weighted by atomic mass is 10.0. The Hall–Kier alpha value is -1.49. The van der Waals surface area contributed by atoms with Crippen LogP contribution in [0.1, 0.15) is 49.6 Å². The summed E-state index contributed by atoms with van der Waals surface area (Å²) in [7, 11) is 0. The van der Waals surface area contributed by atoms with E-state index in [1.807, 2.05) is 18.4 Å². The predicted octanol–water partition coefficient (Wildman–Crippen LogP) is 3.05. The molecule has 2 heterocycles. The van der Waals surface area contributed by atoms with Crippen molar-refractivity contribution in [3.63, 3.8) is 0 Å². The van der Waals surface area contributed by atoms with E-state index in [0.717, 1.165) is 6.42 Å². The van der Waals surface area contributed by atoms with Crippen LogP contribution in [0.15, 0.2) is 12.3 Å². The van der Waals surface area contributed by atoms with E-state index in [2.05, 4.69) is 0 Å². The molecule has 116 valence electrons. The molecule has 0 saturated carbocycles. The highest BCUT2D eigenvalue weighted by atomic mass is 35.5. The van der Waals surface area contributed by atoms with Crippen LogP contribution in [-0.2, 0) is 4.79 Å². The number of aliphatic carboxylic acids is 1. The minimum atomic E-state index is -0.778. The van der Waals surface area contributed by atoms with Gasteiger partial charge in [0.25, 0.3) is 5.91 Å². The van der Waals surface area contributed by atoms with Crippen LogP contribution >= 0.6 is 11.6 Å². The molecule has 0 radical (unpaired) electrons. The lowest BCUT2D eigenvalue weighted by molar-refractivity contribution is -0.137. The van der Waals surface area contributed by atoms with Crippen molar-refractivity contribution in [3.05, 3.63) is 23.0 Å². The summed E-state index contributed by atoms with van der Waals surface area (Å²) in [6.07, 6.45) is 3.44. The highest BCUT2D eigenvalue weighted by Crippen LogP contribution is 2.25. The monoisotopic (exact) mass is 312 g/mol. The number of aromatic nitrogens is 1. The van der Waals surface area contributed by atoms with Gasteiger partial charge in [-0.3, -0.25) is 9.59 Å². The number of hydrogen-bond acceptors (Lipinski definition) is 2. The normalized spacial score (nSPS) is 18.5. The molecule has 1 aliphatic heterocycles. The molecule has 1 saturated heterocycles. The van der Waals surface area contributed by atoms with Gasteiger partial charge in [0.1, 0.15) is 5.69 Å². The Morgan fingerprint density at radius 1 is 1.48 bits per heavy atom. The maximum Gasteiger partial charge on any atom is 0.303 e. The van der Waals surface area contributed by atoms with Gasteiger partial charge < -0.3 is 14.6 Å². The van der Waals surface area contributed by atoms with E-state index in [9.17, 15) is 9.59 Å². The molecule has 1 atom stereocenters. The summed E-state index contributed by atoms with van der Waals surface area (Å²) in [6, 6.07) is 1.87. The molecule has 1 aromatic heterocycles. The largest absolute Gasteiger partial charge is 0.481 e. The summed E-state index contributed by atoms with van der Waals surface area (Å²) in [5.74, 6) is -0.517. The van der Waals surface area contributed by atoms with Crippen molar-refractivity contribution in [2.45, 2.75) is 39.2 Å². The van der Waals surface area contributed by atoms with Gasteiger partial charge in [0.15, 0.2) is 0 Å². The Morgan fingerprint density at radius 3 is 2.81 bits per heavy atom. The van der Waals surface area contributed by atoms with Gasteiger partial charge in [0.2, 0.25) is 0 Å². The number of carbonyl (C=O) groups is 2. The average molecular weight is 313 g/mol. The minimum Gasteiger partial charge on any atom is -0.481 e. The molecule has 5 nitrogen and oxygen atoms in total. The van der Waals surface area contributed by atoms with E-state index in [1.54, 1.807) is 17.2 Å². The Kier molecular flexibility index (Phi) is 4.93. The molecule has 1 aromatic rings. The average Bonchev–Trinajstić information content (AvgIpc) is 3.02. The molecule has 1 amide bonds. The number of carboxylic acids is 1. The molecule has 21 heavy (non-hydrogen) atoms. The number of likely N-dealkylation sites (tertiary alicyclic amines) is 1. The first-order valence-corrected chi connectivity index (χ1v) is 7.64. The van der Waals surface area contributed by atoms with Gasteiger partial charge in [-0.15, -0.1) is 0 Å². The van der Waals surface area contributed by atoms with Crippen molar-refractivity contribution in [3.8, 4) is 0 Å². The summed E-state index contributed by atoms with van der Waals surface area (Å²) in [4.78, 5) is 25.0. The third-order valence-electron chi connectivity index (χ3n) is 3.93. The van der Waals surface area contributed by atoms with Gasteiger partial charge in [-0.25, -0.2) is 0 Å². The van der Waals surface area contributed by atoms with Crippen molar-refractivity contribution in [2.75, 3.05) is 13.1 Å². The van der Waals surface area contributed by atoms with Crippen LogP contribution < -0.4 is 0 Å². The summed E-state index contributed by atoms with van der Waals surface area (Å²) in [5, 5.41) is 9.29. The number of nitrogens with zero attached hydrogens (tertiary/aromatic N) is 2. The second-order valence-electron chi connectivity index (χ2n) is 5.88. The van der Waals surface area contributed by atoms with Crippen LogP contribution in [0.5, 0.6) is 0 Å². The molecule has 0 aromatic carbocycles. The number of halogens is 1. The number of rotatable bonds is 5. The number of carbonyl (C=O) groups excluding carboxylic acids is 1. The van der Waals surface area contributed by atoms with Crippen LogP contribution in [-0.4, -0.2) is 39.5 Å². The molecule has 0 aliphatic carbocycles.